The van der Waals surface area contributed by atoms with Crippen LogP contribution >= 0.6 is 0 Å². The second kappa shape index (κ2) is 7.90. The lowest BCUT2D eigenvalue weighted by atomic mass is 10.1. The molecule has 1 saturated heterocycles. The second-order valence-corrected chi connectivity index (χ2v) is 5.02. The molecular weight excluding hydrogens is 284 g/mol. The van der Waals surface area contributed by atoms with Gasteiger partial charge in [-0.3, -0.25) is 0 Å². The molecule has 1 fully saturated rings. The van der Waals surface area contributed by atoms with Gasteiger partial charge in [-0.2, -0.15) is 0 Å². The van der Waals surface area contributed by atoms with Gasteiger partial charge < -0.3 is 15.4 Å². The Balaban J connectivity index is 1.81. The minimum atomic E-state index is -0.708. The van der Waals surface area contributed by atoms with E-state index in [1.807, 2.05) is 30.3 Å². The summed E-state index contributed by atoms with van der Waals surface area (Å²) < 4.78 is 5.05. The molecule has 0 aromatic heterocycles. The van der Waals surface area contributed by atoms with E-state index in [-0.39, 0.29) is 18.5 Å². The zero-order chi connectivity index (χ0) is 15.8. The molecule has 1 unspecified atom stereocenters. The Kier molecular flexibility index (Phi) is 5.62. The summed E-state index contributed by atoms with van der Waals surface area (Å²) in [4.78, 5) is 19.9. The van der Waals surface area contributed by atoms with Gasteiger partial charge in [-0.1, -0.05) is 35.4 Å². The minimum Gasteiger partial charge on any atom is -0.443 e. The number of ether oxygens (including phenoxy) is 1. The monoisotopic (exact) mass is 302 g/mol. The maximum absolute atomic E-state index is 11.7. The molecule has 0 spiro atoms. The number of hydrogen-bond acceptors (Lipinski definition) is 3. The van der Waals surface area contributed by atoms with Gasteiger partial charge in [0, 0.05) is 24.5 Å². The summed E-state index contributed by atoms with van der Waals surface area (Å²) in [6, 6.07) is 9.35. The second-order valence-electron chi connectivity index (χ2n) is 5.02. The van der Waals surface area contributed by atoms with Crippen molar-refractivity contribution in [2.75, 3.05) is 19.6 Å². The Bertz CT molecular complexity index is 582. The molecule has 0 saturated carbocycles. The maximum Gasteiger partial charge on any atom is 0.437 e. The number of benzene rings is 1. The van der Waals surface area contributed by atoms with E-state index < -0.39 is 6.09 Å². The molecule has 1 atom stereocenters. The standard InChI is InChI=1S/C14H18N6O2/c15-13(20-7-6-12(9-20)8-17-19-16)18-14(21)22-10-11-4-2-1-3-5-11/h1-5,12H,6-10H2,(H2,15,18,21). The molecule has 0 aliphatic carbocycles. The van der Waals surface area contributed by atoms with Crippen molar-refractivity contribution in [1.82, 2.24) is 4.90 Å². The maximum atomic E-state index is 11.7. The lowest BCUT2D eigenvalue weighted by Crippen LogP contribution is -2.36. The molecule has 8 nitrogen and oxygen atoms in total. The summed E-state index contributed by atoms with van der Waals surface area (Å²) in [5, 5.41) is 3.55. The number of carbonyl (C=O) groups excluding carboxylic acids is 1. The molecule has 0 bridgehead atoms. The molecule has 22 heavy (non-hydrogen) atoms. The van der Waals surface area contributed by atoms with Gasteiger partial charge in [-0.15, -0.1) is 4.99 Å². The van der Waals surface area contributed by atoms with E-state index in [0.717, 1.165) is 12.0 Å². The number of aliphatic imine (C=N–C) groups is 1. The quantitative estimate of drug-likeness (QED) is 0.302. The van der Waals surface area contributed by atoms with E-state index in [4.69, 9.17) is 16.0 Å². The highest BCUT2D eigenvalue weighted by Crippen LogP contribution is 2.16. The summed E-state index contributed by atoms with van der Waals surface area (Å²) >= 11 is 0. The van der Waals surface area contributed by atoms with Crippen molar-refractivity contribution in [3.63, 3.8) is 0 Å². The van der Waals surface area contributed by atoms with Crippen LogP contribution in [0.2, 0.25) is 0 Å². The molecule has 2 rings (SSSR count). The summed E-state index contributed by atoms with van der Waals surface area (Å²) in [5.74, 6) is 0.381. The number of azide groups is 1. The topological polar surface area (TPSA) is 117 Å². The third-order valence-corrected chi connectivity index (χ3v) is 3.42. The Hall–Kier alpha value is -2.73. The van der Waals surface area contributed by atoms with Gasteiger partial charge in [0.25, 0.3) is 0 Å². The molecule has 2 N–H and O–H groups in total. The number of guanidine groups is 1. The van der Waals surface area contributed by atoms with Crippen LogP contribution in [0.25, 0.3) is 10.4 Å². The Labute approximate surface area is 128 Å². The van der Waals surface area contributed by atoms with E-state index in [1.54, 1.807) is 4.90 Å². The number of likely N-dealkylation sites (tertiary alicyclic amines) is 1. The van der Waals surface area contributed by atoms with Gasteiger partial charge in [0.15, 0.2) is 0 Å². The van der Waals surface area contributed by atoms with Crippen molar-refractivity contribution in [1.29, 1.82) is 0 Å². The van der Waals surface area contributed by atoms with Crippen LogP contribution in [0.3, 0.4) is 0 Å². The molecule has 1 aromatic rings. The fraction of sp³-hybridized carbons (Fsp3) is 0.429. The van der Waals surface area contributed by atoms with Crippen molar-refractivity contribution in [3.05, 3.63) is 46.3 Å². The molecule has 8 heteroatoms. The predicted molar refractivity (Wildman–Crippen MR) is 81.9 cm³/mol. The van der Waals surface area contributed by atoms with Gasteiger partial charge in [0.05, 0.1) is 0 Å². The van der Waals surface area contributed by atoms with E-state index in [2.05, 4.69) is 15.0 Å². The number of amides is 1. The average molecular weight is 302 g/mol. The highest BCUT2D eigenvalue weighted by Gasteiger charge is 2.23. The first-order chi connectivity index (χ1) is 10.7. The Morgan fingerprint density at radius 3 is 2.95 bits per heavy atom. The van der Waals surface area contributed by atoms with Crippen molar-refractivity contribution >= 4 is 12.1 Å². The fourth-order valence-electron chi connectivity index (χ4n) is 2.26. The molecular formula is C14H18N6O2. The molecule has 1 heterocycles. The third kappa shape index (κ3) is 4.68. The van der Waals surface area contributed by atoms with Crippen molar-refractivity contribution in [3.8, 4) is 0 Å². The smallest absolute Gasteiger partial charge is 0.437 e. The van der Waals surface area contributed by atoms with Gasteiger partial charge >= 0.3 is 6.09 Å². The van der Waals surface area contributed by atoms with Gasteiger partial charge in [-0.05, 0) is 23.4 Å². The molecule has 1 aliphatic heterocycles. The van der Waals surface area contributed by atoms with E-state index in [1.165, 1.54) is 0 Å². The van der Waals surface area contributed by atoms with E-state index in [0.29, 0.717) is 19.6 Å². The zero-order valence-corrected chi connectivity index (χ0v) is 12.1. The van der Waals surface area contributed by atoms with Crippen LogP contribution in [-0.2, 0) is 11.3 Å². The number of carbonyl (C=O) groups is 1. The highest BCUT2D eigenvalue weighted by molar-refractivity contribution is 5.89. The van der Waals surface area contributed by atoms with Crippen LogP contribution < -0.4 is 5.73 Å². The molecule has 1 aliphatic rings. The van der Waals surface area contributed by atoms with Crippen molar-refractivity contribution in [2.24, 2.45) is 21.8 Å². The summed E-state index contributed by atoms with van der Waals surface area (Å²) in [7, 11) is 0. The number of nitrogens with two attached hydrogens (primary N) is 1. The first-order valence-corrected chi connectivity index (χ1v) is 6.99. The van der Waals surface area contributed by atoms with Crippen LogP contribution in [0.5, 0.6) is 0 Å². The fourth-order valence-corrected chi connectivity index (χ4v) is 2.26. The van der Waals surface area contributed by atoms with Gasteiger partial charge in [-0.25, -0.2) is 4.79 Å². The van der Waals surface area contributed by atoms with Crippen molar-refractivity contribution in [2.45, 2.75) is 13.0 Å². The first kappa shape index (κ1) is 15.7. The third-order valence-electron chi connectivity index (χ3n) is 3.42. The van der Waals surface area contributed by atoms with Crippen LogP contribution in [-0.4, -0.2) is 36.6 Å². The lowest BCUT2D eigenvalue weighted by molar-refractivity contribution is 0.150. The Morgan fingerprint density at radius 2 is 2.23 bits per heavy atom. The summed E-state index contributed by atoms with van der Waals surface area (Å²) in [6.07, 6.45) is 0.147. The van der Waals surface area contributed by atoms with Gasteiger partial charge in [0.2, 0.25) is 5.96 Å². The highest BCUT2D eigenvalue weighted by atomic mass is 16.5. The summed E-state index contributed by atoms with van der Waals surface area (Å²) in [6.45, 7) is 1.90. The summed E-state index contributed by atoms with van der Waals surface area (Å²) in [5.41, 5.74) is 15.0. The van der Waals surface area contributed by atoms with Gasteiger partial charge in [0.1, 0.15) is 6.61 Å². The van der Waals surface area contributed by atoms with Crippen LogP contribution in [0.4, 0.5) is 4.79 Å². The molecule has 1 aromatic carbocycles. The van der Waals surface area contributed by atoms with Crippen molar-refractivity contribution < 1.29 is 9.53 Å². The average Bonchev–Trinajstić information content (AvgIpc) is 3.01. The van der Waals surface area contributed by atoms with Crippen LogP contribution in [0.15, 0.2) is 40.4 Å². The minimum absolute atomic E-state index is 0.140. The van der Waals surface area contributed by atoms with Crippen LogP contribution in [0, 0.1) is 5.92 Å². The largest absolute Gasteiger partial charge is 0.443 e. The number of hydrogen-bond donors (Lipinski definition) is 1. The number of nitrogens with zero attached hydrogens (tertiary/aromatic N) is 5. The predicted octanol–water partition coefficient (Wildman–Crippen LogP) is 2.27. The molecule has 116 valence electrons. The van der Waals surface area contributed by atoms with Crippen LogP contribution in [0.1, 0.15) is 12.0 Å². The molecule has 1 amide bonds. The van der Waals surface area contributed by atoms with E-state index >= 15 is 0 Å². The lowest BCUT2D eigenvalue weighted by Gasteiger charge is -2.16. The van der Waals surface area contributed by atoms with E-state index in [9.17, 15) is 4.79 Å². The Morgan fingerprint density at radius 1 is 1.45 bits per heavy atom. The first-order valence-electron chi connectivity index (χ1n) is 6.99. The normalized spacial score (nSPS) is 17.9. The SMILES string of the molecule is [N-]=[N+]=NCC1CCN(C(N)=NC(=O)OCc2ccccc2)C1. The molecule has 0 radical (unpaired) electrons. The zero-order valence-electron chi connectivity index (χ0n) is 12.1. The number of rotatable bonds is 4.